The second-order valence-corrected chi connectivity index (χ2v) is 8.03. The van der Waals surface area contributed by atoms with Crippen molar-refractivity contribution in [1.29, 1.82) is 0 Å². The molecule has 0 bridgehead atoms. The van der Waals surface area contributed by atoms with Crippen molar-refractivity contribution in [3.63, 3.8) is 0 Å². The number of benzene rings is 2. The van der Waals surface area contributed by atoms with Gasteiger partial charge in [-0.25, -0.2) is 4.79 Å². The van der Waals surface area contributed by atoms with Gasteiger partial charge in [0.25, 0.3) is 0 Å². The summed E-state index contributed by atoms with van der Waals surface area (Å²) in [6.45, 7) is 4.00. The Hall–Kier alpha value is -2.24. The molecular weight excluding hydrogens is 394 g/mol. The number of thioether (sulfide) groups is 1. The van der Waals surface area contributed by atoms with Gasteiger partial charge in [-0.3, -0.25) is 4.79 Å². The lowest BCUT2D eigenvalue weighted by atomic mass is 10.1. The maximum absolute atomic E-state index is 12.3. The van der Waals surface area contributed by atoms with E-state index in [4.69, 9.17) is 16.0 Å². The van der Waals surface area contributed by atoms with E-state index >= 15 is 0 Å². The van der Waals surface area contributed by atoms with E-state index in [1.54, 1.807) is 0 Å². The molecule has 4 nitrogen and oxygen atoms in total. The highest BCUT2D eigenvalue weighted by molar-refractivity contribution is 7.99. The molecule has 1 aromatic heterocycles. The number of carbonyl (C=O) groups excluding carboxylic acids is 1. The fourth-order valence-corrected chi connectivity index (χ4v) is 3.94. The lowest BCUT2D eigenvalue weighted by Crippen LogP contribution is -2.28. The van der Waals surface area contributed by atoms with Crippen LogP contribution in [0.1, 0.15) is 36.6 Å². The number of halogens is 1. The molecule has 6 heteroatoms. The summed E-state index contributed by atoms with van der Waals surface area (Å²) in [6.07, 6.45) is 0.880. The zero-order valence-electron chi connectivity index (χ0n) is 15.8. The summed E-state index contributed by atoms with van der Waals surface area (Å²) >= 11 is 7.37. The first-order chi connectivity index (χ1) is 13.5. The molecule has 2 aromatic carbocycles. The number of aryl methyl sites for hydroxylation is 1. The van der Waals surface area contributed by atoms with E-state index in [2.05, 4.69) is 12.2 Å². The molecule has 3 rings (SSSR count). The van der Waals surface area contributed by atoms with Crippen molar-refractivity contribution >= 4 is 40.2 Å². The van der Waals surface area contributed by atoms with Crippen molar-refractivity contribution in [2.24, 2.45) is 0 Å². The van der Waals surface area contributed by atoms with Gasteiger partial charge < -0.3 is 9.73 Å². The topological polar surface area (TPSA) is 59.3 Å². The fraction of sp³-hybridized carbons (Fsp3) is 0.273. The monoisotopic (exact) mass is 415 g/mol. The lowest BCUT2D eigenvalue weighted by molar-refractivity contribution is -0.119. The van der Waals surface area contributed by atoms with Crippen molar-refractivity contribution in [2.45, 2.75) is 32.1 Å². The molecule has 1 atom stereocenters. The average molecular weight is 416 g/mol. The van der Waals surface area contributed by atoms with Crippen LogP contribution >= 0.6 is 23.4 Å². The van der Waals surface area contributed by atoms with Crippen molar-refractivity contribution in [1.82, 2.24) is 5.32 Å². The maximum atomic E-state index is 12.3. The Morgan fingerprint density at radius 2 is 1.93 bits per heavy atom. The molecule has 0 aliphatic carbocycles. The summed E-state index contributed by atoms with van der Waals surface area (Å²) in [5.74, 6) is 0.830. The van der Waals surface area contributed by atoms with Crippen LogP contribution in [0.15, 0.2) is 57.7 Å². The van der Waals surface area contributed by atoms with Crippen LogP contribution in [0.2, 0.25) is 5.02 Å². The maximum Gasteiger partial charge on any atom is 0.336 e. The summed E-state index contributed by atoms with van der Waals surface area (Å²) in [6, 6.07) is 14.8. The number of nitrogens with one attached hydrogen (secondary N) is 1. The van der Waals surface area contributed by atoms with Gasteiger partial charge in [0.2, 0.25) is 5.91 Å². The molecule has 146 valence electrons. The molecule has 0 aliphatic heterocycles. The molecule has 1 amide bonds. The van der Waals surface area contributed by atoms with Gasteiger partial charge in [-0.15, -0.1) is 11.8 Å². The minimum atomic E-state index is -0.364. The Morgan fingerprint density at radius 1 is 1.18 bits per heavy atom. The normalized spacial score (nSPS) is 12.1. The number of hydrogen-bond acceptors (Lipinski definition) is 4. The third-order valence-corrected chi connectivity index (χ3v) is 5.77. The molecule has 0 aliphatic rings. The van der Waals surface area contributed by atoms with Crippen LogP contribution < -0.4 is 10.9 Å². The Bertz CT molecular complexity index is 1030. The van der Waals surface area contributed by atoms with Crippen LogP contribution in [-0.2, 0) is 17.0 Å². The zero-order valence-corrected chi connectivity index (χ0v) is 17.4. The summed E-state index contributed by atoms with van der Waals surface area (Å²) in [5, 5.41) is 4.57. The smallest absolute Gasteiger partial charge is 0.336 e. The van der Waals surface area contributed by atoms with Crippen LogP contribution in [0.25, 0.3) is 11.0 Å². The highest BCUT2D eigenvalue weighted by Gasteiger charge is 2.11. The first-order valence-corrected chi connectivity index (χ1v) is 10.7. The van der Waals surface area contributed by atoms with Crippen molar-refractivity contribution in [2.75, 3.05) is 5.75 Å². The number of carbonyl (C=O) groups is 1. The Morgan fingerprint density at radius 3 is 2.64 bits per heavy atom. The van der Waals surface area contributed by atoms with Gasteiger partial charge >= 0.3 is 5.63 Å². The highest BCUT2D eigenvalue weighted by atomic mass is 35.5. The quantitative estimate of drug-likeness (QED) is 0.544. The predicted molar refractivity (Wildman–Crippen MR) is 116 cm³/mol. The van der Waals surface area contributed by atoms with Crippen molar-refractivity contribution in [3.8, 4) is 0 Å². The molecular formula is C22H22ClNO3S. The minimum absolute atomic E-state index is 0.0482. The molecule has 28 heavy (non-hydrogen) atoms. The largest absolute Gasteiger partial charge is 0.423 e. The molecule has 1 heterocycles. The van der Waals surface area contributed by atoms with Gasteiger partial charge in [0.1, 0.15) is 5.58 Å². The van der Waals surface area contributed by atoms with Crippen LogP contribution in [0.5, 0.6) is 0 Å². The third-order valence-electron chi connectivity index (χ3n) is 4.54. The first-order valence-electron chi connectivity index (χ1n) is 9.14. The van der Waals surface area contributed by atoms with Gasteiger partial charge in [0.15, 0.2) is 0 Å². The van der Waals surface area contributed by atoms with Crippen LogP contribution in [0.3, 0.4) is 0 Å². The fourth-order valence-electron chi connectivity index (χ4n) is 2.99. The van der Waals surface area contributed by atoms with E-state index in [9.17, 15) is 9.59 Å². The van der Waals surface area contributed by atoms with Gasteiger partial charge in [-0.2, -0.15) is 0 Å². The number of rotatable bonds is 7. The summed E-state index contributed by atoms with van der Waals surface area (Å²) in [5.41, 5.74) is 3.25. The summed E-state index contributed by atoms with van der Waals surface area (Å²) in [4.78, 5) is 24.1. The molecule has 0 radical (unpaired) electrons. The third kappa shape index (κ3) is 5.18. The number of hydrogen-bond donors (Lipinski definition) is 1. The van der Waals surface area contributed by atoms with Gasteiger partial charge in [-0.1, -0.05) is 42.8 Å². The minimum Gasteiger partial charge on any atom is -0.423 e. The van der Waals surface area contributed by atoms with Gasteiger partial charge in [0.05, 0.1) is 11.8 Å². The second kappa shape index (κ2) is 9.30. The highest BCUT2D eigenvalue weighted by Crippen LogP contribution is 2.23. The Labute approximate surface area is 173 Å². The first kappa shape index (κ1) is 20.5. The second-order valence-electron chi connectivity index (χ2n) is 6.61. The van der Waals surface area contributed by atoms with Gasteiger partial charge in [0, 0.05) is 22.2 Å². The summed E-state index contributed by atoms with van der Waals surface area (Å²) < 4.78 is 5.33. The Kier molecular flexibility index (Phi) is 6.81. The SMILES string of the molecule is CCc1ccc2c(CSCC(=O)N[C@H](C)c3ccc(Cl)cc3)cc(=O)oc2c1. The molecule has 0 saturated heterocycles. The molecule has 0 fully saturated rings. The standard InChI is InChI=1S/C22H22ClNO3S/c1-3-15-4-9-19-17(11-22(26)27-20(19)10-15)12-28-13-21(25)24-14(2)16-5-7-18(23)8-6-16/h4-11,14H,3,12-13H2,1-2H3,(H,24,25)/t14-/m1/s1. The molecule has 0 spiro atoms. The predicted octanol–water partition coefficient (Wildman–Crippen LogP) is 5.12. The molecule has 1 N–H and O–H groups in total. The van der Waals surface area contributed by atoms with Gasteiger partial charge in [-0.05, 0) is 48.2 Å². The van der Waals surface area contributed by atoms with Crippen molar-refractivity contribution < 1.29 is 9.21 Å². The Balaban J connectivity index is 1.60. The van der Waals surface area contributed by atoms with Crippen molar-refractivity contribution in [3.05, 3.63) is 80.7 Å². The molecule has 0 unspecified atom stereocenters. The molecule has 3 aromatic rings. The van der Waals surface area contributed by atoms with Crippen LogP contribution in [0.4, 0.5) is 0 Å². The van der Waals surface area contributed by atoms with Crippen LogP contribution in [0, 0.1) is 0 Å². The lowest BCUT2D eigenvalue weighted by Gasteiger charge is -2.14. The van der Waals surface area contributed by atoms with E-state index in [0.29, 0.717) is 22.1 Å². The van der Waals surface area contributed by atoms with E-state index < -0.39 is 0 Å². The number of fused-ring (bicyclic) bond motifs is 1. The average Bonchev–Trinajstić information content (AvgIpc) is 2.67. The van der Waals surface area contributed by atoms with E-state index in [0.717, 1.165) is 28.5 Å². The zero-order chi connectivity index (χ0) is 20.1. The van der Waals surface area contributed by atoms with E-state index in [1.165, 1.54) is 17.8 Å². The van der Waals surface area contributed by atoms with Crippen LogP contribution in [-0.4, -0.2) is 11.7 Å². The number of amides is 1. The summed E-state index contributed by atoms with van der Waals surface area (Å²) in [7, 11) is 0. The van der Waals surface area contributed by atoms with E-state index in [-0.39, 0.29) is 17.6 Å². The van der Waals surface area contributed by atoms with E-state index in [1.807, 2.05) is 49.4 Å². The molecule has 0 saturated carbocycles.